The van der Waals surface area contributed by atoms with Gasteiger partial charge in [0.05, 0.1) is 30.3 Å². The lowest BCUT2D eigenvalue weighted by atomic mass is 9.67. The van der Waals surface area contributed by atoms with Crippen LogP contribution >= 0.6 is 11.6 Å². The van der Waals surface area contributed by atoms with Crippen molar-refractivity contribution in [3.8, 4) is 5.75 Å². The van der Waals surface area contributed by atoms with E-state index in [0.717, 1.165) is 37.8 Å². The van der Waals surface area contributed by atoms with Crippen LogP contribution in [0.3, 0.4) is 0 Å². The highest BCUT2D eigenvalue weighted by Crippen LogP contribution is 2.47. The number of nitrogens with zero attached hydrogens (tertiary/aromatic N) is 1. The summed E-state index contributed by atoms with van der Waals surface area (Å²) in [6, 6.07) is 11.2. The molecule has 2 bridgehead atoms. The van der Waals surface area contributed by atoms with Crippen LogP contribution in [0.15, 0.2) is 36.4 Å². The zero-order valence-electron chi connectivity index (χ0n) is 22.5. The largest absolute Gasteiger partial charge is 0.490 e. The molecule has 2 aliphatic carbocycles. The Bertz CT molecular complexity index is 1400. The topological polar surface area (TPSA) is 116 Å². The zero-order valence-corrected chi connectivity index (χ0v) is 24.1. The molecular formula is C30H37ClN2O6S. The van der Waals surface area contributed by atoms with Gasteiger partial charge in [-0.15, -0.1) is 0 Å². The highest BCUT2D eigenvalue weighted by atomic mass is 35.5. The Kier molecular flexibility index (Phi) is 7.52. The molecule has 3 N–H and O–H groups in total. The number of halogens is 1. The van der Waals surface area contributed by atoms with E-state index >= 15 is 0 Å². The number of amides is 1. The molecule has 8 nitrogen and oxygen atoms in total. The molecule has 2 aromatic carbocycles. The summed E-state index contributed by atoms with van der Waals surface area (Å²) in [5.41, 5.74) is 3.17. The summed E-state index contributed by atoms with van der Waals surface area (Å²) in [7, 11) is -3.85. The molecule has 1 spiro atoms. The number of aliphatic hydroxyl groups excluding tert-OH is 2. The highest BCUT2D eigenvalue weighted by molar-refractivity contribution is 7.90. The van der Waals surface area contributed by atoms with Crippen molar-refractivity contribution in [2.24, 2.45) is 11.8 Å². The average Bonchev–Trinajstić information content (AvgIpc) is 3.05. The van der Waals surface area contributed by atoms with Crippen molar-refractivity contribution in [1.29, 1.82) is 0 Å². The van der Waals surface area contributed by atoms with Gasteiger partial charge in [0.15, 0.2) is 0 Å². The Labute approximate surface area is 240 Å². The first kappa shape index (κ1) is 27.8. The fourth-order valence-electron chi connectivity index (χ4n) is 7.16. The molecule has 2 aromatic rings. The number of anilines is 1. The smallest absolute Gasteiger partial charge is 0.264 e. The number of carbonyl (C=O) groups is 1. The predicted molar refractivity (Wildman–Crippen MR) is 154 cm³/mol. The van der Waals surface area contributed by atoms with Crippen LogP contribution in [0.1, 0.15) is 66.4 Å². The molecule has 216 valence electrons. The van der Waals surface area contributed by atoms with Gasteiger partial charge in [-0.3, -0.25) is 4.79 Å². The van der Waals surface area contributed by atoms with Gasteiger partial charge in [0.1, 0.15) is 5.75 Å². The van der Waals surface area contributed by atoms with E-state index in [-0.39, 0.29) is 28.6 Å². The van der Waals surface area contributed by atoms with Crippen LogP contribution in [0.5, 0.6) is 5.75 Å². The number of aliphatic hydroxyl groups is 2. The van der Waals surface area contributed by atoms with Gasteiger partial charge in [0, 0.05) is 29.1 Å². The first-order valence-electron chi connectivity index (χ1n) is 14.4. The normalized spacial score (nSPS) is 32.1. The summed E-state index contributed by atoms with van der Waals surface area (Å²) in [5, 5.41) is 22.5. The minimum Gasteiger partial charge on any atom is -0.490 e. The van der Waals surface area contributed by atoms with Gasteiger partial charge >= 0.3 is 0 Å². The Morgan fingerprint density at radius 3 is 2.70 bits per heavy atom. The molecular weight excluding hydrogens is 552 g/mol. The lowest BCUT2D eigenvalue weighted by Gasteiger charge is -2.46. The number of hydrogen-bond acceptors (Lipinski definition) is 7. The number of hydrogen-bond donors (Lipinski definition) is 3. The van der Waals surface area contributed by atoms with Crippen molar-refractivity contribution < 1.29 is 28.2 Å². The Balaban J connectivity index is 1.41. The average molecular weight is 589 g/mol. The molecule has 0 saturated heterocycles. The molecule has 6 rings (SSSR count). The summed E-state index contributed by atoms with van der Waals surface area (Å²) in [6.07, 6.45) is 3.96. The summed E-state index contributed by atoms with van der Waals surface area (Å²) in [4.78, 5) is 15.3. The lowest BCUT2D eigenvalue weighted by molar-refractivity contribution is -0.0668. The number of aryl methyl sites for hydroxylation is 1. The molecule has 2 heterocycles. The molecule has 40 heavy (non-hydrogen) atoms. The van der Waals surface area contributed by atoms with Crippen LogP contribution < -0.4 is 14.4 Å². The van der Waals surface area contributed by atoms with E-state index in [2.05, 4.69) is 15.7 Å². The molecule has 0 unspecified atom stereocenters. The second-order valence-corrected chi connectivity index (χ2v) is 14.4. The maximum atomic E-state index is 13.1. The first-order chi connectivity index (χ1) is 19.1. The highest BCUT2D eigenvalue weighted by Gasteiger charge is 2.45. The summed E-state index contributed by atoms with van der Waals surface area (Å²) in [5.74, 6) is -0.107. The van der Waals surface area contributed by atoms with Crippen LogP contribution in [0.25, 0.3) is 0 Å². The molecule has 10 heteroatoms. The molecule has 2 aliphatic heterocycles. The number of ether oxygens (including phenoxy) is 1. The molecule has 0 aromatic heterocycles. The van der Waals surface area contributed by atoms with E-state index in [0.29, 0.717) is 49.7 Å². The van der Waals surface area contributed by atoms with Crippen LogP contribution in [0.4, 0.5) is 5.69 Å². The van der Waals surface area contributed by atoms with Crippen molar-refractivity contribution in [2.75, 3.05) is 30.3 Å². The van der Waals surface area contributed by atoms with E-state index in [9.17, 15) is 23.4 Å². The van der Waals surface area contributed by atoms with Gasteiger partial charge in [-0.05, 0) is 105 Å². The maximum Gasteiger partial charge on any atom is 0.264 e. The zero-order chi connectivity index (χ0) is 28.1. The number of benzene rings is 2. The van der Waals surface area contributed by atoms with E-state index in [1.54, 1.807) is 18.2 Å². The van der Waals surface area contributed by atoms with Crippen molar-refractivity contribution in [3.05, 3.63) is 58.1 Å². The number of sulfonamides is 1. The summed E-state index contributed by atoms with van der Waals surface area (Å²) in [6.45, 7) is 1.76. The summed E-state index contributed by atoms with van der Waals surface area (Å²) >= 11 is 6.36. The second-order valence-electron chi connectivity index (χ2n) is 12.1. The number of nitrogens with one attached hydrogen (secondary N) is 1. The monoisotopic (exact) mass is 588 g/mol. The van der Waals surface area contributed by atoms with Crippen LogP contribution in [-0.4, -0.2) is 62.2 Å². The van der Waals surface area contributed by atoms with Crippen LogP contribution in [0.2, 0.25) is 5.02 Å². The number of carbonyl (C=O) groups excluding carboxylic acids is 1. The third-order valence-corrected chi connectivity index (χ3v) is 11.0. The van der Waals surface area contributed by atoms with Crippen molar-refractivity contribution >= 4 is 33.2 Å². The van der Waals surface area contributed by atoms with E-state index in [1.807, 2.05) is 12.1 Å². The van der Waals surface area contributed by atoms with Crippen molar-refractivity contribution in [2.45, 2.75) is 69.0 Å². The fraction of sp³-hybridized carbons (Fsp3) is 0.567. The van der Waals surface area contributed by atoms with E-state index < -0.39 is 28.1 Å². The van der Waals surface area contributed by atoms with Crippen LogP contribution in [-0.2, 0) is 21.9 Å². The van der Waals surface area contributed by atoms with Gasteiger partial charge in [0.2, 0.25) is 10.0 Å². The van der Waals surface area contributed by atoms with E-state index in [4.69, 9.17) is 16.3 Å². The minimum absolute atomic E-state index is 0.0425. The lowest BCUT2D eigenvalue weighted by Crippen LogP contribution is -2.51. The third-order valence-electron chi connectivity index (χ3n) is 9.47. The third kappa shape index (κ3) is 5.33. The molecule has 4 aliphatic rings. The Morgan fingerprint density at radius 2 is 1.90 bits per heavy atom. The first-order valence-corrected chi connectivity index (χ1v) is 16.4. The Hall–Kier alpha value is -2.33. The predicted octanol–water partition coefficient (Wildman–Crippen LogP) is 3.80. The van der Waals surface area contributed by atoms with Crippen LogP contribution in [0, 0.1) is 11.8 Å². The van der Waals surface area contributed by atoms with Gasteiger partial charge < -0.3 is 19.8 Å². The van der Waals surface area contributed by atoms with Crippen molar-refractivity contribution in [3.63, 3.8) is 0 Å². The number of rotatable bonds is 0. The molecule has 1 amide bonds. The standard InChI is InChI=1S/C30H37ClN2O6S/c31-22-8-10-24-19(14-22)4-3-12-30(24)17-33-16-21-6-9-23(21)28(35)26(34)5-1-2-13-40(37,38)32-29(36)20-7-11-27(39-18-30)25(33)15-20/h7-8,10-11,14-15,21,23,26,28,34-35H,1-6,9,12-13,16-18H2,(H,32,36)/t21-,23+,26-,28-,30-/m0/s1. The molecule has 1 fully saturated rings. The Morgan fingerprint density at radius 1 is 1.05 bits per heavy atom. The molecule has 1 saturated carbocycles. The molecule has 0 radical (unpaired) electrons. The minimum atomic E-state index is -3.85. The fourth-order valence-corrected chi connectivity index (χ4v) is 8.44. The summed E-state index contributed by atoms with van der Waals surface area (Å²) < 4.78 is 33.9. The van der Waals surface area contributed by atoms with Gasteiger partial charge in [0.25, 0.3) is 5.91 Å². The second kappa shape index (κ2) is 10.8. The SMILES string of the molecule is O=C1NS(=O)(=O)CCCC[C@H](O)[C@@H](O)[C@@H]2CC[C@H]2CN2C[C@@]3(CCCc4cc(Cl)ccc43)COc3ccc1cc32. The maximum absolute atomic E-state index is 13.1. The number of fused-ring (bicyclic) bond motifs is 4. The quantitative estimate of drug-likeness (QED) is 0.429. The van der Waals surface area contributed by atoms with Gasteiger partial charge in [-0.25, -0.2) is 13.1 Å². The van der Waals surface area contributed by atoms with Gasteiger partial charge in [-0.1, -0.05) is 17.7 Å². The van der Waals surface area contributed by atoms with E-state index in [1.165, 1.54) is 11.1 Å². The molecule has 5 atom stereocenters. The van der Waals surface area contributed by atoms with Crippen molar-refractivity contribution in [1.82, 2.24) is 4.72 Å². The van der Waals surface area contributed by atoms with Gasteiger partial charge in [-0.2, -0.15) is 0 Å².